The van der Waals surface area contributed by atoms with Crippen LogP contribution in [0.3, 0.4) is 0 Å². The molecule has 162 valence electrons. The van der Waals surface area contributed by atoms with Gasteiger partial charge in [0.2, 0.25) is 0 Å². The minimum atomic E-state index is -4.43. The van der Waals surface area contributed by atoms with E-state index in [1.165, 1.54) is 11.1 Å². The van der Waals surface area contributed by atoms with E-state index in [-0.39, 0.29) is 24.8 Å². The van der Waals surface area contributed by atoms with Gasteiger partial charge in [0.05, 0.1) is 49.7 Å². The molecule has 2 aliphatic heterocycles. The molecule has 2 aliphatic rings. The molecule has 5 heterocycles. The van der Waals surface area contributed by atoms with Crippen LogP contribution in [0.4, 0.5) is 19.0 Å². The summed E-state index contributed by atoms with van der Waals surface area (Å²) in [6.07, 6.45) is -2.95. The number of pyridine rings is 2. The Morgan fingerprint density at radius 1 is 1.23 bits per heavy atom. The van der Waals surface area contributed by atoms with Gasteiger partial charge in [-0.2, -0.15) is 13.2 Å². The minimum absolute atomic E-state index is 0.123. The van der Waals surface area contributed by atoms with E-state index in [1.54, 1.807) is 6.07 Å². The number of hydrogen-bond donors (Lipinski definition) is 1. The molecule has 1 fully saturated rings. The highest BCUT2D eigenvalue weighted by Crippen LogP contribution is 2.37. The molecule has 31 heavy (non-hydrogen) atoms. The summed E-state index contributed by atoms with van der Waals surface area (Å²) in [5.41, 5.74) is 7.69. The molecule has 2 N–H and O–H groups in total. The fourth-order valence-corrected chi connectivity index (χ4v) is 4.91. The van der Waals surface area contributed by atoms with E-state index in [1.807, 2.05) is 0 Å². The van der Waals surface area contributed by atoms with Crippen LogP contribution in [0, 0.1) is 0 Å². The van der Waals surface area contributed by atoms with E-state index < -0.39 is 17.8 Å². The number of carbonyl (C=O) groups excluding carboxylic acids is 1. The summed E-state index contributed by atoms with van der Waals surface area (Å²) in [4.78, 5) is 23.8. The normalized spacial score (nSPS) is 19.1. The first kappa shape index (κ1) is 20.2. The van der Waals surface area contributed by atoms with Gasteiger partial charge < -0.3 is 20.1 Å². The lowest BCUT2D eigenvalue weighted by Crippen LogP contribution is -2.43. The molecule has 11 heteroatoms. The van der Waals surface area contributed by atoms with Crippen molar-refractivity contribution in [3.63, 3.8) is 0 Å². The molecule has 0 radical (unpaired) electrons. The Balaban J connectivity index is 1.50. The Bertz CT molecular complexity index is 1180. The van der Waals surface area contributed by atoms with Crippen molar-refractivity contribution in [3.05, 3.63) is 51.0 Å². The first-order valence-corrected chi connectivity index (χ1v) is 10.4. The smallest absolute Gasteiger partial charge is 0.383 e. The van der Waals surface area contributed by atoms with E-state index >= 15 is 0 Å². The Kier molecular flexibility index (Phi) is 4.83. The molecule has 3 aromatic heterocycles. The monoisotopic (exact) mass is 450 g/mol. The zero-order valence-corrected chi connectivity index (χ0v) is 16.9. The number of ether oxygens (including phenoxy) is 2. The number of thiophene rings is 1. The van der Waals surface area contributed by atoms with Gasteiger partial charge in [-0.1, -0.05) is 0 Å². The van der Waals surface area contributed by atoms with Gasteiger partial charge in [0.1, 0.15) is 11.5 Å². The summed E-state index contributed by atoms with van der Waals surface area (Å²) in [5.74, 6) is 0.00827. The third kappa shape index (κ3) is 3.52. The van der Waals surface area contributed by atoms with Crippen LogP contribution in [0.1, 0.15) is 38.1 Å². The van der Waals surface area contributed by atoms with Gasteiger partial charge in [0, 0.05) is 27.8 Å². The average Bonchev–Trinajstić information content (AvgIpc) is 3.43. The quantitative estimate of drug-likeness (QED) is 0.642. The highest BCUT2D eigenvalue weighted by Gasteiger charge is 2.36. The van der Waals surface area contributed by atoms with E-state index in [4.69, 9.17) is 15.2 Å². The fourth-order valence-electron chi connectivity index (χ4n) is 3.90. The minimum Gasteiger partial charge on any atom is -0.383 e. The average molecular weight is 450 g/mol. The SMILES string of the molecule is Nc1nc2cnc(C(=O)N3CCOC[C@@H]3c3cc(C(F)(F)F)cs3)cc2c2c1COC2. The molecule has 7 nitrogen and oxygen atoms in total. The summed E-state index contributed by atoms with van der Waals surface area (Å²) in [7, 11) is 0. The summed E-state index contributed by atoms with van der Waals surface area (Å²) in [5, 5.41) is 1.79. The van der Waals surface area contributed by atoms with Crippen LogP contribution in [0.15, 0.2) is 23.7 Å². The molecule has 0 bridgehead atoms. The van der Waals surface area contributed by atoms with Gasteiger partial charge in [0.15, 0.2) is 0 Å². The van der Waals surface area contributed by atoms with Gasteiger partial charge in [-0.05, 0) is 17.7 Å². The predicted octanol–water partition coefficient (Wildman–Crippen LogP) is 3.54. The summed E-state index contributed by atoms with van der Waals surface area (Å²) in [6, 6.07) is 2.12. The number of fused-ring (bicyclic) bond motifs is 3. The zero-order chi connectivity index (χ0) is 21.8. The van der Waals surface area contributed by atoms with Crippen molar-refractivity contribution in [1.29, 1.82) is 0 Å². The van der Waals surface area contributed by atoms with Crippen molar-refractivity contribution in [2.45, 2.75) is 25.4 Å². The van der Waals surface area contributed by atoms with Crippen molar-refractivity contribution in [3.8, 4) is 0 Å². The lowest BCUT2D eigenvalue weighted by molar-refractivity contribution is -0.137. The molecular weight excluding hydrogens is 433 g/mol. The van der Waals surface area contributed by atoms with E-state index in [9.17, 15) is 18.0 Å². The van der Waals surface area contributed by atoms with E-state index in [0.29, 0.717) is 36.0 Å². The second-order valence-corrected chi connectivity index (χ2v) is 8.30. The van der Waals surface area contributed by atoms with Crippen LogP contribution in [0.2, 0.25) is 0 Å². The van der Waals surface area contributed by atoms with Crippen LogP contribution in [-0.2, 0) is 28.9 Å². The van der Waals surface area contributed by atoms with Crippen LogP contribution in [0.5, 0.6) is 0 Å². The first-order valence-electron chi connectivity index (χ1n) is 9.52. The lowest BCUT2D eigenvalue weighted by atomic mass is 10.0. The van der Waals surface area contributed by atoms with Crippen LogP contribution < -0.4 is 5.73 Å². The zero-order valence-electron chi connectivity index (χ0n) is 16.1. The summed E-state index contributed by atoms with van der Waals surface area (Å²) in [6.45, 7) is 1.41. The number of aromatic nitrogens is 2. The van der Waals surface area contributed by atoms with Crippen molar-refractivity contribution in [1.82, 2.24) is 14.9 Å². The highest BCUT2D eigenvalue weighted by atomic mass is 32.1. The number of morpholine rings is 1. The number of anilines is 1. The molecule has 1 saturated heterocycles. The first-order chi connectivity index (χ1) is 14.8. The van der Waals surface area contributed by atoms with Crippen molar-refractivity contribution < 1.29 is 27.4 Å². The molecule has 0 aromatic carbocycles. The Morgan fingerprint density at radius 3 is 2.81 bits per heavy atom. The molecule has 0 unspecified atom stereocenters. The largest absolute Gasteiger partial charge is 0.417 e. The molecule has 0 saturated carbocycles. The van der Waals surface area contributed by atoms with Crippen molar-refractivity contribution >= 4 is 34.0 Å². The Morgan fingerprint density at radius 2 is 2.03 bits per heavy atom. The molecule has 0 spiro atoms. The highest BCUT2D eigenvalue weighted by molar-refractivity contribution is 7.10. The van der Waals surface area contributed by atoms with Gasteiger partial charge in [-0.15, -0.1) is 11.3 Å². The number of carbonyl (C=O) groups is 1. The predicted molar refractivity (Wildman–Crippen MR) is 106 cm³/mol. The maximum Gasteiger partial charge on any atom is 0.417 e. The van der Waals surface area contributed by atoms with Gasteiger partial charge in [0.25, 0.3) is 5.91 Å². The molecule has 1 atom stereocenters. The maximum atomic E-state index is 13.3. The van der Waals surface area contributed by atoms with Gasteiger partial charge in [-0.3, -0.25) is 4.79 Å². The van der Waals surface area contributed by atoms with E-state index in [2.05, 4.69) is 9.97 Å². The standard InChI is InChI=1S/C20H17F3N4O3S/c21-20(22,23)10-3-17(31-9-10)16-8-29-2-1-27(16)19(28)14-4-11-12-6-30-7-13(12)18(24)26-15(11)5-25-14/h3-5,9,16H,1-2,6-8H2,(H2,24,26)/t16-/m1/s1. The number of alkyl halides is 3. The third-order valence-corrected chi connectivity index (χ3v) is 6.53. The second kappa shape index (κ2) is 7.43. The Hall–Kier alpha value is -2.76. The number of halogens is 3. The molecule has 3 aromatic rings. The maximum absolute atomic E-state index is 13.3. The number of rotatable bonds is 2. The fraction of sp³-hybridized carbons (Fsp3) is 0.350. The topological polar surface area (TPSA) is 90.6 Å². The molecular formula is C20H17F3N4O3S. The van der Waals surface area contributed by atoms with Crippen LogP contribution >= 0.6 is 11.3 Å². The number of nitrogens with two attached hydrogens (primary N) is 1. The molecule has 5 rings (SSSR count). The summed E-state index contributed by atoms with van der Waals surface area (Å²) >= 11 is 0.965. The van der Waals surface area contributed by atoms with Crippen LogP contribution in [-0.4, -0.2) is 40.5 Å². The van der Waals surface area contributed by atoms with Gasteiger partial charge >= 0.3 is 6.18 Å². The summed E-state index contributed by atoms with van der Waals surface area (Å²) < 4.78 is 50.0. The lowest BCUT2D eigenvalue weighted by Gasteiger charge is -2.35. The van der Waals surface area contributed by atoms with Crippen molar-refractivity contribution in [2.75, 3.05) is 25.5 Å². The number of nitrogens with zero attached hydrogens (tertiary/aromatic N) is 3. The molecule has 0 aliphatic carbocycles. The van der Waals surface area contributed by atoms with Crippen LogP contribution in [0.25, 0.3) is 10.9 Å². The van der Waals surface area contributed by atoms with E-state index in [0.717, 1.165) is 39.3 Å². The third-order valence-electron chi connectivity index (χ3n) is 5.50. The number of nitrogen functional groups attached to an aromatic ring is 1. The number of amides is 1. The van der Waals surface area contributed by atoms with Gasteiger partial charge in [-0.25, -0.2) is 9.97 Å². The molecule has 1 amide bonds. The van der Waals surface area contributed by atoms with Crippen molar-refractivity contribution in [2.24, 2.45) is 0 Å². The number of hydrogen-bond acceptors (Lipinski definition) is 7. The Labute approximate surface area is 178 Å². The second-order valence-electron chi connectivity index (χ2n) is 7.36.